The highest BCUT2D eigenvalue weighted by Crippen LogP contribution is 2.44. The molecule has 0 bridgehead atoms. The van der Waals surface area contributed by atoms with E-state index in [1.807, 2.05) is 30.3 Å². The molecule has 1 saturated heterocycles. The Hall–Kier alpha value is -2.41. The predicted molar refractivity (Wildman–Crippen MR) is 102 cm³/mol. The van der Waals surface area contributed by atoms with Crippen LogP contribution in [0.3, 0.4) is 0 Å². The number of nitrogens with zero attached hydrogens (tertiary/aromatic N) is 1. The van der Waals surface area contributed by atoms with Gasteiger partial charge in [0.1, 0.15) is 12.2 Å². The summed E-state index contributed by atoms with van der Waals surface area (Å²) >= 11 is 0. The molecule has 0 radical (unpaired) electrons. The lowest BCUT2D eigenvalue weighted by atomic mass is 9.75. The van der Waals surface area contributed by atoms with E-state index in [9.17, 15) is 14.4 Å². The Kier molecular flexibility index (Phi) is 6.49. The van der Waals surface area contributed by atoms with Crippen molar-refractivity contribution in [1.82, 2.24) is 4.90 Å². The number of ether oxygens (including phenoxy) is 3. The molecule has 1 aromatic carbocycles. The second-order valence-electron chi connectivity index (χ2n) is 8.22. The monoisotopic (exact) mass is 391 g/mol. The third kappa shape index (κ3) is 4.35. The van der Waals surface area contributed by atoms with Gasteiger partial charge in [0.2, 0.25) is 5.91 Å². The molecule has 3 atom stereocenters. The topological polar surface area (TPSA) is 82.1 Å². The molecule has 28 heavy (non-hydrogen) atoms. The van der Waals surface area contributed by atoms with Crippen molar-refractivity contribution in [2.24, 2.45) is 11.3 Å². The zero-order valence-electron chi connectivity index (χ0n) is 17.4. The Balaban J connectivity index is 2.26. The second-order valence-corrected chi connectivity index (χ2v) is 8.22. The van der Waals surface area contributed by atoms with E-state index in [0.717, 1.165) is 10.5 Å². The van der Waals surface area contributed by atoms with Crippen LogP contribution in [0.4, 0.5) is 4.79 Å². The highest BCUT2D eigenvalue weighted by Gasteiger charge is 2.62. The zero-order valence-corrected chi connectivity index (χ0v) is 17.4. The van der Waals surface area contributed by atoms with E-state index in [-0.39, 0.29) is 13.2 Å². The van der Waals surface area contributed by atoms with Gasteiger partial charge in [-0.15, -0.1) is 0 Å². The number of methoxy groups -OCH3 is 1. The molecule has 2 rings (SSSR count). The highest BCUT2D eigenvalue weighted by molar-refractivity contribution is 6.01. The lowest BCUT2D eigenvalue weighted by Gasteiger charge is -2.32. The van der Waals surface area contributed by atoms with Crippen molar-refractivity contribution in [3.8, 4) is 0 Å². The number of hydrogen-bond donors (Lipinski definition) is 0. The van der Waals surface area contributed by atoms with Gasteiger partial charge in [-0.25, -0.2) is 9.69 Å². The molecule has 1 heterocycles. The first-order valence-electron chi connectivity index (χ1n) is 9.28. The molecule has 7 nitrogen and oxygen atoms in total. The minimum Gasteiger partial charge on any atom is -0.460 e. The smallest absolute Gasteiger partial charge is 0.417 e. The van der Waals surface area contributed by atoms with E-state index in [1.165, 1.54) is 7.11 Å². The summed E-state index contributed by atoms with van der Waals surface area (Å²) in [5.74, 6) is -1.89. The van der Waals surface area contributed by atoms with Crippen molar-refractivity contribution in [3.63, 3.8) is 0 Å². The molecule has 7 heteroatoms. The Morgan fingerprint density at radius 2 is 1.79 bits per heavy atom. The minimum atomic E-state index is -1.25. The van der Waals surface area contributed by atoms with Crippen LogP contribution in [-0.4, -0.2) is 48.2 Å². The lowest BCUT2D eigenvalue weighted by Crippen LogP contribution is -2.47. The molecule has 154 valence electrons. The summed E-state index contributed by atoms with van der Waals surface area (Å²) < 4.78 is 16.1. The molecule has 1 fully saturated rings. The average molecular weight is 391 g/mol. The molecule has 1 unspecified atom stereocenters. The molecule has 0 spiro atoms. The molecule has 1 aliphatic heterocycles. The van der Waals surface area contributed by atoms with E-state index in [1.54, 1.807) is 34.6 Å². The fourth-order valence-corrected chi connectivity index (χ4v) is 3.34. The fraction of sp³-hybridized carbons (Fsp3) is 0.571. The van der Waals surface area contributed by atoms with Gasteiger partial charge in [-0.1, -0.05) is 30.3 Å². The first-order chi connectivity index (χ1) is 13.0. The van der Waals surface area contributed by atoms with E-state index < -0.39 is 40.9 Å². The Bertz CT molecular complexity index is 726. The van der Waals surface area contributed by atoms with Crippen LogP contribution in [0.1, 0.15) is 40.2 Å². The van der Waals surface area contributed by atoms with Crippen LogP contribution in [-0.2, 0) is 30.4 Å². The van der Waals surface area contributed by atoms with Gasteiger partial charge in [0.25, 0.3) is 0 Å². The summed E-state index contributed by atoms with van der Waals surface area (Å²) in [5, 5.41) is 0. The van der Waals surface area contributed by atoms with Crippen molar-refractivity contribution in [2.75, 3.05) is 13.7 Å². The number of amides is 2. The first-order valence-corrected chi connectivity index (χ1v) is 9.28. The maximum Gasteiger partial charge on any atom is 0.417 e. The molecule has 0 aromatic heterocycles. The van der Waals surface area contributed by atoms with Crippen LogP contribution in [0.2, 0.25) is 0 Å². The molecule has 0 N–H and O–H groups in total. The van der Waals surface area contributed by atoms with Crippen LogP contribution >= 0.6 is 0 Å². The number of likely N-dealkylation sites (tertiary alicyclic amines) is 1. The molecule has 0 saturated carbocycles. The van der Waals surface area contributed by atoms with E-state index >= 15 is 0 Å². The van der Waals surface area contributed by atoms with Crippen LogP contribution in [0.5, 0.6) is 0 Å². The number of benzene rings is 1. The Morgan fingerprint density at radius 3 is 2.32 bits per heavy atom. The maximum absolute atomic E-state index is 13.0. The Morgan fingerprint density at radius 1 is 1.18 bits per heavy atom. The quantitative estimate of drug-likeness (QED) is 0.717. The molecule has 0 aliphatic carbocycles. The zero-order chi connectivity index (χ0) is 21.1. The molecule has 1 aromatic rings. The van der Waals surface area contributed by atoms with Crippen molar-refractivity contribution < 1.29 is 28.6 Å². The first kappa shape index (κ1) is 21.9. The number of carbonyl (C=O) groups excluding carboxylic acids is 3. The number of imide groups is 1. The van der Waals surface area contributed by atoms with Gasteiger partial charge in [-0.3, -0.25) is 9.59 Å². The maximum atomic E-state index is 13.0. The summed E-state index contributed by atoms with van der Waals surface area (Å²) in [7, 11) is 1.45. The number of rotatable bonds is 5. The van der Waals surface area contributed by atoms with E-state index in [2.05, 4.69) is 0 Å². The number of carbonyl (C=O) groups is 3. The molecular formula is C21H29NO6. The van der Waals surface area contributed by atoms with Gasteiger partial charge in [-0.2, -0.15) is 0 Å². The van der Waals surface area contributed by atoms with E-state index in [4.69, 9.17) is 14.2 Å². The third-order valence-electron chi connectivity index (χ3n) is 5.09. The van der Waals surface area contributed by atoms with Crippen LogP contribution in [0.25, 0.3) is 0 Å². The van der Waals surface area contributed by atoms with Crippen molar-refractivity contribution in [3.05, 3.63) is 35.9 Å². The number of esters is 1. The number of hydrogen-bond acceptors (Lipinski definition) is 6. The minimum absolute atomic E-state index is 0.000587. The van der Waals surface area contributed by atoms with Crippen molar-refractivity contribution in [2.45, 2.75) is 52.9 Å². The average Bonchev–Trinajstić information content (AvgIpc) is 2.81. The van der Waals surface area contributed by atoms with Gasteiger partial charge < -0.3 is 14.2 Å². The summed E-state index contributed by atoms with van der Waals surface area (Å²) in [4.78, 5) is 39.6. The van der Waals surface area contributed by atoms with Crippen LogP contribution in [0.15, 0.2) is 30.3 Å². The summed E-state index contributed by atoms with van der Waals surface area (Å²) in [6, 6.07) is 8.53. The predicted octanol–water partition coefficient (Wildman–Crippen LogP) is 3.16. The van der Waals surface area contributed by atoms with E-state index in [0.29, 0.717) is 0 Å². The van der Waals surface area contributed by atoms with Gasteiger partial charge >= 0.3 is 12.1 Å². The third-order valence-corrected chi connectivity index (χ3v) is 5.09. The second kappa shape index (κ2) is 8.31. The molecule has 1 aliphatic rings. The SMILES string of the molecule is COCC1C(=O)N(C(=O)OC(C)(C)C)[C@@H](C)[C@@]1(C)C(=O)OCc1ccccc1. The largest absolute Gasteiger partial charge is 0.460 e. The van der Waals surface area contributed by atoms with Gasteiger partial charge in [0, 0.05) is 7.11 Å². The van der Waals surface area contributed by atoms with Crippen molar-refractivity contribution >= 4 is 18.0 Å². The van der Waals surface area contributed by atoms with Crippen LogP contribution < -0.4 is 0 Å². The molecule has 2 amide bonds. The lowest BCUT2D eigenvalue weighted by molar-refractivity contribution is -0.161. The van der Waals surface area contributed by atoms with Crippen LogP contribution in [0, 0.1) is 11.3 Å². The van der Waals surface area contributed by atoms with Gasteiger partial charge in [0.15, 0.2) is 0 Å². The molecular weight excluding hydrogens is 362 g/mol. The summed E-state index contributed by atoms with van der Waals surface area (Å²) in [6.07, 6.45) is -0.773. The summed E-state index contributed by atoms with van der Waals surface area (Å²) in [5.41, 5.74) is -1.18. The van der Waals surface area contributed by atoms with Gasteiger partial charge in [0.05, 0.1) is 24.0 Å². The fourth-order valence-electron chi connectivity index (χ4n) is 3.34. The van der Waals surface area contributed by atoms with Gasteiger partial charge in [-0.05, 0) is 40.2 Å². The highest BCUT2D eigenvalue weighted by atomic mass is 16.6. The normalized spacial score (nSPS) is 24.9. The Labute approximate surface area is 165 Å². The standard InChI is InChI=1S/C21H29NO6/c1-14-21(5,18(24)27-12-15-10-8-7-9-11-15)16(13-26-6)17(23)22(14)19(25)28-20(2,3)4/h7-11,14,16H,12-13H2,1-6H3/t14-,16?,21+/m0/s1. The summed E-state index contributed by atoms with van der Waals surface area (Å²) in [6.45, 7) is 8.53. The van der Waals surface area contributed by atoms with Crippen molar-refractivity contribution in [1.29, 1.82) is 0 Å².